The van der Waals surface area contributed by atoms with E-state index in [1.54, 1.807) is 13.0 Å². The number of ether oxygens (including phenoxy) is 2. The van der Waals surface area contributed by atoms with Crippen molar-refractivity contribution >= 4 is 15.7 Å². The lowest BCUT2D eigenvalue weighted by atomic mass is 10.1. The van der Waals surface area contributed by atoms with Gasteiger partial charge in [0.15, 0.2) is 11.5 Å². The van der Waals surface area contributed by atoms with Crippen molar-refractivity contribution in [3.05, 3.63) is 48.4 Å². The molecule has 163 valence electrons. The molecule has 31 heavy (non-hydrogen) atoms. The van der Waals surface area contributed by atoms with E-state index in [0.717, 1.165) is 11.3 Å². The van der Waals surface area contributed by atoms with Gasteiger partial charge in [-0.25, -0.2) is 8.42 Å². The van der Waals surface area contributed by atoms with Crippen LogP contribution in [0.1, 0.15) is 5.89 Å². The zero-order valence-electron chi connectivity index (χ0n) is 17.5. The predicted molar refractivity (Wildman–Crippen MR) is 114 cm³/mol. The van der Waals surface area contributed by atoms with E-state index in [1.807, 2.05) is 18.2 Å². The molecular weight excluding hydrogens is 420 g/mol. The van der Waals surface area contributed by atoms with Gasteiger partial charge in [0.05, 0.1) is 19.1 Å². The van der Waals surface area contributed by atoms with Gasteiger partial charge in [0.1, 0.15) is 0 Å². The van der Waals surface area contributed by atoms with Gasteiger partial charge in [-0.05, 0) is 30.3 Å². The fourth-order valence-corrected chi connectivity index (χ4v) is 4.90. The van der Waals surface area contributed by atoms with Crippen LogP contribution in [0, 0.1) is 13.0 Å². The monoisotopic (exact) mass is 443 g/mol. The molecule has 0 N–H and O–H groups in total. The van der Waals surface area contributed by atoms with Crippen molar-refractivity contribution in [2.75, 3.05) is 45.3 Å². The normalized spacial score (nSPS) is 15.1. The largest absolute Gasteiger partial charge is 0.493 e. The van der Waals surface area contributed by atoms with Gasteiger partial charge in [-0.15, -0.1) is 0 Å². The summed E-state index contributed by atoms with van der Waals surface area (Å²) in [6.45, 7) is 3.60. The molecule has 0 aliphatic carbocycles. The van der Waals surface area contributed by atoms with Crippen LogP contribution in [0.25, 0.3) is 11.4 Å². The molecule has 10 heteroatoms. The van der Waals surface area contributed by atoms with E-state index < -0.39 is 10.0 Å². The minimum absolute atomic E-state index is 0.185. The summed E-state index contributed by atoms with van der Waals surface area (Å²) < 4.78 is 43.1. The first-order valence-corrected chi connectivity index (χ1v) is 11.2. The van der Waals surface area contributed by atoms with Crippen LogP contribution < -0.4 is 14.4 Å². The van der Waals surface area contributed by atoms with E-state index in [4.69, 9.17) is 14.0 Å². The van der Waals surface area contributed by atoms with Crippen LogP contribution in [0.2, 0.25) is 0 Å². The molecule has 4 rings (SSSR count). The van der Waals surface area contributed by atoms with Crippen molar-refractivity contribution in [1.82, 2.24) is 14.4 Å². The summed E-state index contributed by atoms with van der Waals surface area (Å²) in [6, 6.07) is 13.5. The maximum Gasteiger partial charge on any atom is 0.243 e. The molecule has 1 radical (unpaired) electrons. The Kier molecular flexibility index (Phi) is 5.84. The van der Waals surface area contributed by atoms with Crippen molar-refractivity contribution in [2.24, 2.45) is 0 Å². The van der Waals surface area contributed by atoms with Crippen molar-refractivity contribution in [3.63, 3.8) is 0 Å². The second kappa shape index (κ2) is 8.56. The number of piperazine rings is 1. The summed E-state index contributed by atoms with van der Waals surface area (Å²) in [5.74, 6) is 1.90. The van der Waals surface area contributed by atoms with E-state index in [9.17, 15) is 8.42 Å². The van der Waals surface area contributed by atoms with Crippen LogP contribution >= 0.6 is 0 Å². The zero-order chi connectivity index (χ0) is 22.0. The topological polar surface area (TPSA) is 98.0 Å². The van der Waals surface area contributed by atoms with Gasteiger partial charge in [-0.3, -0.25) is 0 Å². The standard InChI is InChI=1S/C21H23N4O5S/c1-15-22-21(23-30-15)16-4-6-17(7-5-16)24-10-12-25(13-11-24)31(26,27)18-8-9-19(28-2)20(14-18)29-3/h4-6,8-9,14H,10-13H2,1-3H3. The predicted octanol–water partition coefficient (Wildman–Crippen LogP) is 2.37. The molecule has 0 amide bonds. The van der Waals surface area contributed by atoms with E-state index >= 15 is 0 Å². The third-order valence-corrected chi connectivity index (χ3v) is 7.05. The molecule has 2 aromatic carbocycles. The third kappa shape index (κ3) is 4.21. The van der Waals surface area contributed by atoms with Crippen LogP contribution in [0.3, 0.4) is 0 Å². The average molecular weight is 444 g/mol. The minimum atomic E-state index is -3.63. The first-order chi connectivity index (χ1) is 14.9. The maximum absolute atomic E-state index is 13.1. The highest BCUT2D eigenvalue weighted by Gasteiger charge is 2.29. The van der Waals surface area contributed by atoms with Crippen LogP contribution in [0.5, 0.6) is 11.5 Å². The highest BCUT2D eigenvalue weighted by Crippen LogP contribution is 2.31. The molecule has 1 fully saturated rings. The molecule has 0 unspecified atom stereocenters. The number of rotatable bonds is 6. The summed E-state index contributed by atoms with van der Waals surface area (Å²) in [4.78, 5) is 6.50. The van der Waals surface area contributed by atoms with Gasteiger partial charge in [-0.2, -0.15) is 9.29 Å². The maximum atomic E-state index is 13.1. The molecule has 0 bridgehead atoms. The van der Waals surface area contributed by atoms with E-state index in [-0.39, 0.29) is 4.90 Å². The number of nitrogens with zero attached hydrogens (tertiary/aromatic N) is 4. The Morgan fingerprint density at radius 1 is 1.03 bits per heavy atom. The Balaban J connectivity index is 1.44. The molecule has 3 aromatic rings. The molecular formula is C21H23N4O5S. The van der Waals surface area contributed by atoms with E-state index in [1.165, 1.54) is 30.7 Å². The number of anilines is 1. The summed E-state index contributed by atoms with van der Waals surface area (Å²) in [7, 11) is -0.639. The van der Waals surface area contributed by atoms with E-state index in [2.05, 4.69) is 21.1 Å². The number of methoxy groups -OCH3 is 2. The molecule has 1 aliphatic heterocycles. The molecule has 1 saturated heterocycles. The molecule has 1 aromatic heterocycles. The Morgan fingerprint density at radius 2 is 1.77 bits per heavy atom. The summed E-state index contributed by atoms with van der Waals surface area (Å²) >= 11 is 0. The van der Waals surface area contributed by atoms with Crippen molar-refractivity contribution < 1.29 is 22.4 Å². The molecule has 9 nitrogen and oxygen atoms in total. The zero-order valence-corrected chi connectivity index (χ0v) is 18.3. The van der Waals surface area contributed by atoms with Gasteiger partial charge in [0, 0.05) is 56.5 Å². The Hall–Kier alpha value is -3.11. The van der Waals surface area contributed by atoms with Gasteiger partial charge in [0.25, 0.3) is 0 Å². The van der Waals surface area contributed by atoms with Crippen molar-refractivity contribution in [2.45, 2.75) is 11.8 Å². The van der Waals surface area contributed by atoms with E-state index in [0.29, 0.717) is 49.4 Å². The Morgan fingerprint density at radius 3 is 2.35 bits per heavy atom. The van der Waals surface area contributed by atoms with Gasteiger partial charge in [-0.1, -0.05) is 5.16 Å². The summed E-state index contributed by atoms with van der Waals surface area (Å²) in [5, 5.41) is 3.91. The molecule has 0 atom stereocenters. The van der Waals surface area contributed by atoms with Gasteiger partial charge >= 0.3 is 0 Å². The fourth-order valence-electron chi connectivity index (χ4n) is 3.46. The SMILES string of the molecule is COc1ccc(S(=O)(=O)N2CCN(c3[c]cc(-c4noc(C)n4)cc3)CC2)cc1OC. The summed E-state index contributed by atoms with van der Waals surface area (Å²) in [6.07, 6.45) is 0. The fraction of sp³-hybridized carbons (Fsp3) is 0.333. The van der Waals surface area contributed by atoms with Crippen LogP contribution in [0.15, 0.2) is 45.8 Å². The lowest BCUT2D eigenvalue weighted by molar-refractivity contribution is 0.353. The number of benzene rings is 2. The lowest BCUT2D eigenvalue weighted by Crippen LogP contribution is -2.48. The smallest absolute Gasteiger partial charge is 0.243 e. The average Bonchev–Trinajstić information content (AvgIpc) is 3.25. The second-order valence-corrected chi connectivity index (χ2v) is 8.95. The second-order valence-electron chi connectivity index (χ2n) is 7.01. The summed E-state index contributed by atoms with van der Waals surface area (Å²) in [5.41, 5.74) is 1.71. The van der Waals surface area contributed by atoms with Crippen LogP contribution in [-0.2, 0) is 10.0 Å². The first-order valence-electron chi connectivity index (χ1n) is 9.72. The number of hydrogen-bond acceptors (Lipinski definition) is 8. The number of sulfonamides is 1. The third-order valence-electron chi connectivity index (χ3n) is 5.15. The highest BCUT2D eigenvalue weighted by atomic mass is 32.2. The molecule has 2 heterocycles. The van der Waals surface area contributed by atoms with Gasteiger partial charge < -0.3 is 18.9 Å². The van der Waals surface area contributed by atoms with Crippen LogP contribution in [-0.4, -0.2) is 63.3 Å². The number of hydrogen-bond donors (Lipinski definition) is 0. The number of aromatic nitrogens is 2. The van der Waals surface area contributed by atoms with Crippen LogP contribution in [0.4, 0.5) is 5.69 Å². The molecule has 0 spiro atoms. The first kappa shape index (κ1) is 21.1. The Bertz CT molecular complexity index is 1150. The lowest BCUT2D eigenvalue weighted by Gasteiger charge is -2.35. The van der Waals surface area contributed by atoms with Crippen molar-refractivity contribution in [1.29, 1.82) is 0 Å². The highest BCUT2D eigenvalue weighted by molar-refractivity contribution is 7.89. The molecule has 0 saturated carbocycles. The molecule has 1 aliphatic rings. The Labute approximate surface area is 181 Å². The number of aryl methyl sites for hydroxylation is 1. The van der Waals surface area contributed by atoms with Gasteiger partial charge in [0.2, 0.25) is 21.7 Å². The van der Waals surface area contributed by atoms with Crippen molar-refractivity contribution in [3.8, 4) is 22.9 Å². The minimum Gasteiger partial charge on any atom is -0.493 e. The quantitative estimate of drug-likeness (QED) is 0.573.